The van der Waals surface area contributed by atoms with E-state index in [1.807, 2.05) is 18.2 Å². The predicted molar refractivity (Wildman–Crippen MR) is 57.3 cm³/mol. The lowest BCUT2D eigenvalue weighted by atomic mass is 10.1. The van der Waals surface area contributed by atoms with Gasteiger partial charge in [-0.3, -0.25) is 0 Å². The second-order valence-corrected chi connectivity index (χ2v) is 3.69. The minimum absolute atomic E-state index is 0.0839. The topological polar surface area (TPSA) is 67.8 Å². The summed E-state index contributed by atoms with van der Waals surface area (Å²) in [4.78, 5) is 0. The van der Waals surface area contributed by atoms with Crippen molar-refractivity contribution in [3.8, 4) is 5.75 Å². The van der Waals surface area contributed by atoms with Crippen LogP contribution in [0.3, 0.4) is 0 Å². The van der Waals surface area contributed by atoms with Crippen LogP contribution in [0.2, 0.25) is 0 Å². The van der Waals surface area contributed by atoms with Gasteiger partial charge in [0.05, 0.1) is 0 Å². The minimum Gasteiger partial charge on any atom is -0.485 e. The third kappa shape index (κ3) is 2.40. The van der Waals surface area contributed by atoms with Gasteiger partial charge >= 0.3 is 0 Å². The van der Waals surface area contributed by atoms with Gasteiger partial charge in [-0.05, 0) is 30.4 Å². The van der Waals surface area contributed by atoms with Crippen LogP contribution in [0, 0.1) is 0 Å². The first-order valence-electron chi connectivity index (χ1n) is 4.99. The molecule has 0 saturated heterocycles. The summed E-state index contributed by atoms with van der Waals surface area (Å²) in [5, 5.41) is 11.2. The van der Waals surface area contributed by atoms with Crippen LogP contribution in [0.1, 0.15) is 24.3 Å². The van der Waals surface area contributed by atoms with Crippen LogP contribution in [0.4, 0.5) is 0 Å². The quantitative estimate of drug-likeness (QED) is 0.341. The lowest BCUT2D eigenvalue weighted by Crippen LogP contribution is -2.21. The van der Waals surface area contributed by atoms with E-state index < -0.39 is 0 Å². The molecule has 0 aromatic heterocycles. The Morgan fingerprint density at radius 1 is 1.47 bits per heavy atom. The molecule has 0 spiro atoms. The Hall–Kier alpha value is -1.71. The Bertz CT molecular complexity index is 373. The molecule has 1 saturated carbocycles. The van der Waals surface area contributed by atoms with E-state index in [1.54, 1.807) is 0 Å². The van der Waals surface area contributed by atoms with Crippen LogP contribution >= 0.6 is 0 Å². The molecule has 1 aliphatic rings. The highest BCUT2D eigenvalue weighted by Crippen LogP contribution is 2.44. The van der Waals surface area contributed by atoms with E-state index in [4.69, 9.17) is 15.7 Å². The van der Waals surface area contributed by atoms with Crippen LogP contribution < -0.4 is 10.5 Å². The molecular weight excluding hydrogens is 192 g/mol. The van der Waals surface area contributed by atoms with E-state index in [-0.39, 0.29) is 12.4 Å². The van der Waals surface area contributed by atoms with Crippen molar-refractivity contribution in [2.75, 3.05) is 6.61 Å². The summed E-state index contributed by atoms with van der Waals surface area (Å²) in [7, 11) is 0. The molecule has 80 valence electrons. The van der Waals surface area contributed by atoms with Crippen molar-refractivity contribution in [1.29, 1.82) is 0 Å². The van der Waals surface area contributed by atoms with Gasteiger partial charge in [-0.25, -0.2) is 0 Å². The van der Waals surface area contributed by atoms with Gasteiger partial charge in [0.1, 0.15) is 12.4 Å². The maximum atomic E-state index is 8.39. The third-order valence-electron chi connectivity index (χ3n) is 2.44. The van der Waals surface area contributed by atoms with Gasteiger partial charge < -0.3 is 15.7 Å². The summed E-state index contributed by atoms with van der Waals surface area (Å²) >= 11 is 0. The van der Waals surface area contributed by atoms with Gasteiger partial charge in [-0.15, -0.1) is 0 Å². The van der Waals surface area contributed by atoms with Gasteiger partial charge in [0.2, 0.25) is 0 Å². The smallest absolute Gasteiger partial charge is 0.177 e. The molecule has 0 radical (unpaired) electrons. The van der Waals surface area contributed by atoms with Gasteiger partial charge in [-0.1, -0.05) is 23.4 Å². The number of rotatable bonds is 4. The molecule has 2 rings (SSSR count). The van der Waals surface area contributed by atoms with Crippen LogP contribution in [0.15, 0.2) is 29.4 Å². The maximum Gasteiger partial charge on any atom is 0.177 e. The zero-order valence-corrected chi connectivity index (χ0v) is 8.39. The Kier molecular flexibility index (Phi) is 2.76. The largest absolute Gasteiger partial charge is 0.485 e. The van der Waals surface area contributed by atoms with E-state index in [9.17, 15) is 0 Å². The second kappa shape index (κ2) is 4.21. The first kappa shape index (κ1) is 9.83. The van der Waals surface area contributed by atoms with Gasteiger partial charge in [0, 0.05) is 0 Å². The Morgan fingerprint density at radius 3 is 2.87 bits per heavy atom. The molecule has 0 bridgehead atoms. The number of hydrogen-bond donors (Lipinski definition) is 2. The fraction of sp³-hybridized carbons (Fsp3) is 0.364. The summed E-state index contributed by atoms with van der Waals surface area (Å²) in [5.41, 5.74) is 6.56. The molecule has 1 aromatic carbocycles. The normalized spacial score (nSPS) is 16.4. The Labute approximate surface area is 88.3 Å². The highest BCUT2D eigenvalue weighted by atomic mass is 16.5. The summed E-state index contributed by atoms with van der Waals surface area (Å²) in [5.74, 6) is 1.56. The number of ether oxygens (including phenoxy) is 1. The summed E-state index contributed by atoms with van der Waals surface area (Å²) in [6.07, 6.45) is 2.45. The lowest BCUT2D eigenvalue weighted by molar-refractivity contribution is 0.306. The van der Waals surface area contributed by atoms with Crippen molar-refractivity contribution < 1.29 is 9.94 Å². The third-order valence-corrected chi connectivity index (χ3v) is 2.44. The zero-order chi connectivity index (χ0) is 10.7. The van der Waals surface area contributed by atoms with E-state index >= 15 is 0 Å². The molecular formula is C11H14N2O2. The van der Waals surface area contributed by atoms with E-state index in [0.29, 0.717) is 5.92 Å². The van der Waals surface area contributed by atoms with Crippen molar-refractivity contribution in [1.82, 2.24) is 0 Å². The molecule has 3 N–H and O–H groups in total. The SMILES string of the molecule is N/C(COc1ccccc1C1CC1)=N\O. The monoisotopic (exact) mass is 206 g/mol. The molecule has 0 unspecified atom stereocenters. The van der Waals surface area contributed by atoms with Gasteiger partial charge in [0.25, 0.3) is 0 Å². The highest BCUT2D eigenvalue weighted by Gasteiger charge is 2.26. The fourth-order valence-corrected chi connectivity index (χ4v) is 1.52. The molecule has 1 aliphatic carbocycles. The molecule has 0 aliphatic heterocycles. The van der Waals surface area contributed by atoms with Crippen LogP contribution in [-0.4, -0.2) is 17.6 Å². The van der Waals surface area contributed by atoms with Crippen molar-refractivity contribution in [3.63, 3.8) is 0 Å². The number of para-hydroxylation sites is 1. The van der Waals surface area contributed by atoms with Crippen LogP contribution in [0.5, 0.6) is 5.75 Å². The van der Waals surface area contributed by atoms with Crippen molar-refractivity contribution >= 4 is 5.84 Å². The summed E-state index contributed by atoms with van der Waals surface area (Å²) < 4.78 is 5.48. The van der Waals surface area contributed by atoms with E-state index in [0.717, 1.165) is 5.75 Å². The molecule has 4 nitrogen and oxygen atoms in total. The predicted octanol–water partition coefficient (Wildman–Crippen LogP) is 1.69. The standard InChI is InChI=1S/C11H14N2O2/c12-11(13-14)7-15-10-4-2-1-3-9(10)8-5-6-8/h1-4,8,14H,5-7H2,(H2,12,13). The van der Waals surface area contributed by atoms with Gasteiger partial charge in [-0.2, -0.15) is 0 Å². The van der Waals surface area contributed by atoms with Crippen molar-refractivity contribution in [2.24, 2.45) is 10.9 Å². The molecule has 0 amide bonds. The Balaban J connectivity index is 2.06. The number of hydrogen-bond acceptors (Lipinski definition) is 3. The van der Waals surface area contributed by atoms with Crippen LogP contribution in [0.25, 0.3) is 0 Å². The first-order valence-corrected chi connectivity index (χ1v) is 4.99. The van der Waals surface area contributed by atoms with E-state index in [2.05, 4.69) is 11.2 Å². The Morgan fingerprint density at radius 2 is 2.20 bits per heavy atom. The van der Waals surface area contributed by atoms with Crippen molar-refractivity contribution in [2.45, 2.75) is 18.8 Å². The van der Waals surface area contributed by atoms with Crippen molar-refractivity contribution in [3.05, 3.63) is 29.8 Å². The summed E-state index contributed by atoms with van der Waals surface area (Å²) in [6, 6.07) is 7.91. The highest BCUT2D eigenvalue weighted by molar-refractivity contribution is 5.81. The number of benzene rings is 1. The average Bonchev–Trinajstić information content (AvgIpc) is 3.10. The summed E-state index contributed by atoms with van der Waals surface area (Å²) in [6.45, 7) is 0.125. The maximum absolute atomic E-state index is 8.39. The average molecular weight is 206 g/mol. The number of amidine groups is 1. The molecule has 1 fully saturated rings. The fourth-order valence-electron chi connectivity index (χ4n) is 1.52. The van der Waals surface area contributed by atoms with Crippen LogP contribution in [-0.2, 0) is 0 Å². The molecule has 0 heterocycles. The number of nitrogens with two attached hydrogens (primary N) is 1. The van der Waals surface area contributed by atoms with E-state index in [1.165, 1.54) is 18.4 Å². The molecule has 15 heavy (non-hydrogen) atoms. The second-order valence-electron chi connectivity index (χ2n) is 3.69. The molecule has 0 atom stereocenters. The lowest BCUT2D eigenvalue weighted by Gasteiger charge is -2.09. The number of oxime groups is 1. The van der Waals surface area contributed by atoms with Gasteiger partial charge in [0.15, 0.2) is 5.84 Å². The minimum atomic E-state index is 0.0839. The molecule has 4 heteroatoms. The zero-order valence-electron chi connectivity index (χ0n) is 8.39. The molecule has 1 aromatic rings. The first-order chi connectivity index (χ1) is 7.31. The number of nitrogens with zero attached hydrogens (tertiary/aromatic N) is 1.